The molecule has 18 heavy (non-hydrogen) atoms. The maximum absolute atomic E-state index is 10.1. The number of benzene rings is 1. The van der Waals surface area contributed by atoms with Crippen molar-refractivity contribution < 1.29 is 5.11 Å². The number of anilines is 1. The molecule has 1 aromatic rings. The van der Waals surface area contributed by atoms with E-state index in [1.54, 1.807) is 0 Å². The molecule has 1 fully saturated rings. The molecule has 2 atom stereocenters. The van der Waals surface area contributed by atoms with Gasteiger partial charge in [-0.3, -0.25) is 0 Å². The molecule has 100 valence electrons. The largest absolute Gasteiger partial charge is 0.388 e. The molecule has 0 radical (unpaired) electrons. The molecule has 1 heterocycles. The van der Waals surface area contributed by atoms with E-state index in [1.165, 1.54) is 5.69 Å². The number of piperazine rings is 1. The zero-order chi connectivity index (χ0) is 13.1. The highest BCUT2D eigenvalue weighted by Crippen LogP contribution is 2.30. The number of aliphatic hydroxyl groups excluding tert-OH is 1. The van der Waals surface area contributed by atoms with Gasteiger partial charge in [0.25, 0.3) is 0 Å². The van der Waals surface area contributed by atoms with E-state index in [9.17, 15) is 5.11 Å². The van der Waals surface area contributed by atoms with E-state index in [2.05, 4.69) is 42.0 Å². The Kier molecular flexibility index (Phi) is 4.25. The molecule has 2 rings (SSSR count). The van der Waals surface area contributed by atoms with E-state index in [1.807, 2.05) is 13.0 Å². The van der Waals surface area contributed by atoms with Gasteiger partial charge in [0.05, 0.1) is 6.10 Å². The molecule has 0 aromatic heterocycles. The molecule has 1 saturated heterocycles. The average Bonchev–Trinajstić information content (AvgIpc) is 2.38. The van der Waals surface area contributed by atoms with E-state index in [0.717, 1.165) is 31.6 Å². The normalized spacial score (nSPS) is 23.1. The minimum absolute atomic E-state index is 0.354. The lowest BCUT2D eigenvalue weighted by Gasteiger charge is -2.41. The topological polar surface area (TPSA) is 26.7 Å². The first-order valence-corrected chi connectivity index (χ1v) is 6.85. The molecule has 3 nitrogen and oxygen atoms in total. The second kappa shape index (κ2) is 5.72. The number of nitrogens with zero attached hydrogens (tertiary/aromatic N) is 2. The van der Waals surface area contributed by atoms with Crippen LogP contribution >= 0.6 is 0 Å². The lowest BCUT2D eigenvalue weighted by molar-refractivity contribution is 0.173. The molecule has 1 aromatic carbocycles. The summed E-state index contributed by atoms with van der Waals surface area (Å²) in [7, 11) is 2.17. The van der Waals surface area contributed by atoms with Crippen molar-refractivity contribution in [1.82, 2.24) is 4.90 Å². The second-order valence-corrected chi connectivity index (χ2v) is 5.29. The highest BCUT2D eigenvalue weighted by atomic mass is 16.3. The summed E-state index contributed by atoms with van der Waals surface area (Å²) in [5.41, 5.74) is 2.27. The summed E-state index contributed by atoms with van der Waals surface area (Å²) in [6.07, 6.45) is 0.409. The summed E-state index contributed by atoms with van der Waals surface area (Å²) in [4.78, 5) is 4.79. The van der Waals surface area contributed by atoms with Crippen LogP contribution in [0.5, 0.6) is 0 Å². The molecule has 1 aliphatic heterocycles. The first-order chi connectivity index (χ1) is 8.63. The Morgan fingerprint density at radius 2 is 2.06 bits per heavy atom. The van der Waals surface area contributed by atoms with E-state index < -0.39 is 0 Å². The number of aliphatic hydroxyl groups is 1. The maximum Gasteiger partial charge on any atom is 0.0807 e. The molecule has 0 saturated carbocycles. The van der Waals surface area contributed by atoms with Gasteiger partial charge >= 0.3 is 0 Å². The van der Waals surface area contributed by atoms with Crippen molar-refractivity contribution in [2.24, 2.45) is 0 Å². The van der Waals surface area contributed by atoms with E-state index >= 15 is 0 Å². The summed E-state index contributed by atoms with van der Waals surface area (Å²) in [5, 5.41) is 10.1. The van der Waals surface area contributed by atoms with Gasteiger partial charge < -0.3 is 14.9 Å². The average molecular weight is 248 g/mol. The lowest BCUT2D eigenvalue weighted by atomic mass is 10.0. The van der Waals surface area contributed by atoms with Crippen LogP contribution in [-0.2, 0) is 0 Å². The van der Waals surface area contributed by atoms with Crippen LogP contribution in [0.25, 0.3) is 0 Å². The molecule has 2 unspecified atom stereocenters. The third-order valence-electron chi connectivity index (χ3n) is 3.82. The molecule has 0 spiro atoms. The summed E-state index contributed by atoms with van der Waals surface area (Å²) < 4.78 is 0. The molecule has 0 bridgehead atoms. The van der Waals surface area contributed by atoms with Crippen molar-refractivity contribution in [3.63, 3.8) is 0 Å². The number of hydrogen-bond acceptors (Lipinski definition) is 3. The molecular weight excluding hydrogens is 224 g/mol. The Balaban J connectivity index is 2.27. The smallest absolute Gasteiger partial charge is 0.0807 e. The quantitative estimate of drug-likeness (QED) is 0.889. The predicted octanol–water partition coefficient (Wildman–Crippen LogP) is 2.27. The molecule has 0 aliphatic carbocycles. The third-order valence-corrected chi connectivity index (χ3v) is 3.82. The van der Waals surface area contributed by atoms with E-state index in [0.29, 0.717) is 6.04 Å². The standard InChI is InChI=1S/C15H24N2O/c1-4-15(18)13-7-5-6-8-14(13)17-10-9-16(3)11-12(17)2/h5-8,12,15,18H,4,9-11H2,1-3H3. The van der Waals surface area contributed by atoms with E-state index in [-0.39, 0.29) is 6.10 Å². The van der Waals surface area contributed by atoms with Gasteiger partial charge in [0.2, 0.25) is 0 Å². The fraction of sp³-hybridized carbons (Fsp3) is 0.600. The van der Waals surface area contributed by atoms with Gasteiger partial charge in [-0.1, -0.05) is 25.1 Å². The fourth-order valence-corrected chi connectivity index (χ4v) is 2.75. The first-order valence-electron chi connectivity index (χ1n) is 6.85. The van der Waals surface area contributed by atoms with Gasteiger partial charge in [-0.25, -0.2) is 0 Å². The second-order valence-electron chi connectivity index (χ2n) is 5.29. The van der Waals surface area contributed by atoms with Gasteiger partial charge in [-0.2, -0.15) is 0 Å². The van der Waals surface area contributed by atoms with Crippen molar-refractivity contribution in [3.05, 3.63) is 29.8 Å². The van der Waals surface area contributed by atoms with Crippen molar-refractivity contribution in [2.45, 2.75) is 32.4 Å². The maximum atomic E-state index is 10.1. The number of hydrogen-bond donors (Lipinski definition) is 1. The zero-order valence-corrected chi connectivity index (χ0v) is 11.6. The number of likely N-dealkylation sites (N-methyl/N-ethyl adjacent to an activating group) is 1. The monoisotopic (exact) mass is 248 g/mol. The Bertz CT molecular complexity index is 394. The third kappa shape index (κ3) is 2.68. The van der Waals surface area contributed by atoms with Crippen molar-refractivity contribution in [1.29, 1.82) is 0 Å². The van der Waals surface area contributed by atoms with Crippen LogP contribution in [-0.4, -0.2) is 42.7 Å². The summed E-state index contributed by atoms with van der Waals surface area (Å²) in [6.45, 7) is 7.47. The minimum atomic E-state index is -0.354. The Morgan fingerprint density at radius 1 is 1.33 bits per heavy atom. The van der Waals surface area contributed by atoms with Crippen molar-refractivity contribution in [3.8, 4) is 0 Å². The molecule has 1 N–H and O–H groups in total. The molecule has 1 aliphatic rings. The molecule has 0 amide bonds. The summed E-state index contributed by atoms with van der Waals surface area (Å²) in [6, 6.07) is 8.75. The zero-order valence-electron chi connectivity index (χ0n) is 11.6. The minimum Gasteiger partial charge on any atom is -0.388 e. The van der Waals surface area contributed by atoms with Gasteiger partial charge in [-0.15, -0.1) is 0 Å². The summed E-state index contributed by atoms with van der Waals surface area (Å²) >= 11 is 0. The highest BCUT2D eigenvalue weighted by molar-refractivity contribution is 5.55. The van der Waals surface area contributed by atoms with Gasteiger partial charge in [-0.05, 0) is 26.5 Å². The lowest BCUT2D eigenvalue weighted by Crippen LogP contribution is -2.50. The van der Waals surface area contributed by atoms with Gasteiger partial charge in [0.15, 0.2) is 0 Å². The van der Waals surface area contributed by atoms with Crippen LogP contribution in [0.15, 0.2) is 24.3 Å². The van der Waals surface area contributed by atoms with Gasteiger partial charge in [0.1, 0.15) is 0 Å². The van der Waals surface area contributed by atoms with Crippen LogP contribution in [0, 0.1) is 0 Å². The number of rotatable bonds is 3. The van der Waals surface area contributed by atoms with Crippen LogP contribution in [0.1, 0.15) is 31.9 Å². The SMILES string of the molecule is CCC(O)c1ccccc1N1CCN(C)CC1C. The predicted molar refractivity (Wildman–Crippen MR) is 76.0 cm³/mol. The van der Waals surface area contributed by atoms with Crippen LogP contribution < -0.4 is 4.90 Å². The highest BCUT2D eigenvalue weighted by Gasteiger charge is 2.24. The fourth-order valence-electron chi connectivity index (χ4n) is 2.75. The van der Waals surface area contributed by atoms with Crippen molar-refractivity contribution >= 4 is 5.69 Å². The van der Waals surface area contributed by atoms with Crippen molar-refractivity contribution in [2.75, 3.05) is 31.6 Å². The van der Waals surface area contributed by atoms with Crippen LogP contribution in [0.4, 0.5) is 5.69 Å². The Morgan fingerprint density at radius 3 is 2.72 bits per heavy atom. The van der Waals surface area contributed by atoms with Gasteiger partial charge in [0, 0.05) is 36.9 Å². The van der Waals surface area contributed by atoms with E-state index in [4.69, 9.17) is 0 Å². The Hall–Kier alpha value is -1.06. The van der Waals surface area contributed by atoms with Crippen LogP contribution in [0.2, 0.25) is 0 Å². The number of para-hydroxylation sites is 1. The molecular formula is C15H24N2O. The Labute approximate surface area is 110 Å². The summed E-state index contributed by atoms with van der Waals surface area (Å²) in [5.74, 6) is 0. The van der Waals surface area contributed by atoms with Crippen LogP contribution in [0.3, 0.4) is 0 Å². The first kappa shape index (κ1) is 13.4. The molecule has 3 heteroatoms.